The highest BCUT2D eigenvalue weighted by atomic mass is 19.4. The minimum atomic E-state index is -4.26. The van der Waals surface area contributed by atoms with E-state index in [1.807, 2.05) is 43.7 Å². The highest BCUT2D eigenvalue weighted by Gasteiger charge is 2.59. The largest absolute Gasteiger partial charge is 0.390 e. The Morgan fingerprint density at radius 2 is 1.87 bits per heavy atom. The number of benzene rings is 1. The van der Waals surface area contributed by atoms with Crippen molar-refractivity contribution in [3.8, 4) is 5.69 Å². The van der Waals surface area contributed by atoms with Crippen molar-refractivity contribution >= 4 is 0 Å². The summed E-state index contributed by atoms with van der Waals surface area (Å²) in [7, 11) is 1.80. The zero-order chi connectivity index (χ0) is 17.2. The van der Waals surface area contributed by atoms with Crippen LogP contribution in [0.25, 0.3) is 5.69 Å². The Hall–Kier alpha value is -1.85. The summed E-state index contributed by atoms with van der Waals surface area (Å²) in [4.78, 5) is 4.36. The topological polar surface area (TPSA) is 21.7 Å². The van der Waals surface area contributed by atoms with Crippen LogP contribution in [0.4, 0.5) is 13.2 Å². The first-order valence-electron chi connectivity index (χ1n) is 7.60. The molecule has 3 rings (SSSR count). The van der Waals surface area contributed by atoms with Gasteiger partial charge in [-0.15, -0.1) is 4.68 Å². The monoisotopic (exact) mass is 324 g/mol. The molecule has 23 heavy (non-hydrogen) atoms. The first-order chi connectivity index (χ1) is 10.5. The number of aryl methyl sites for hydroxylation is 2. The summed E-state index contributed by atoms with van der Waals surface area (Å²) < 4.78 is 43.6. The van der Waals surface area contributed by atoms with Gasteiger partial charge in [-0.05, 0) is 30.0 Å². The fourth-order valence-corrected chi connectivity index (χ4v) is 3.76. The van der Waals surface area contributed by atoms with Gasteiger partial charge in [-0.2, -0.15) is 17.9 Å². The van der Waals surface area contributed by atoms with Crippen LogP contribution in [-0.4, -0.2) is 15.8 Å². The molecule has 1 aliphatic heterocycles. The average Bonchev–Trinajstić information content (AvgIpc) is 2.77. The second kappa shape index (κ2) is 4.58. The molecule has 0 bridgehead atoms. The van der Waals surface area contributed by atoms with Gasteiger partial charge >= 0.3 is 12.5 Å². The predicted octanol–water partition coefficient (Wildman–Crippen LogP) is 3.51. The molecule has 0 saturated heterocycles. The highest BCUT2D eigenvalue weighted by molar-refractivity contribution is 5.55. The summed E-state index contributed by atoms with van der Waals surface area (Å²) in [6.07, 6.45) is -3.58. The van der Waals surface area contributed by atoms with E-state index in [0.29, 0.717) is 5.82 Å². The molecule has 1 aromatic carbocycles. The number of hydrogen-bond donors (Lipinski definition) is 0. The lowest BCUT2D eigenvalue weighted by molar-refractivity contribution is -0.746. The molecule has 1 aliphatic rings. The van der Waals surface area contributed by atoms with Crippen LogP contribution in [0.1, 0.15) is 44.1 Å². The number of para-hydroxylation sites is 1. The van der Waals surface area contributed by atoms with Gasteiger partial charge in [-0.1, -0.05) is 32.0 Å². The SMILES string of the molecule is Cc1cccc2c1-n1c(nc[n+]1C)C(C)(CC(F)(F)F)C2(C)C. The molecular formula is C17H21F3N3+. The molecule has 1 atom stereocenters. The molecule has 2 aromatic rings. The van der Waals surface area contributed by atoms with E-state index in [1.54, 1.807) is 25.0 Å². The zero-order valence-corrected chi connectivity index (χ0v) is 14.0. The molecule has 124 valence electrons. The summed E-state index contributed by atoms with van der Waals surface area (Å²) >= 11 is 0. The van der Waals surface area contributed by atoms with Gasteiger partial charge in [-0.3, -0.25) is 0 Å². The van der Waals surface area contributed by atoms with E-state index in [1.165, 1.54) is 0 Å². The van der Waals surface area contributed by atoms with E-state index in [0.717, 1.165) is 16.8 Å². The summed E-state index contributed by atoms with van der Waals surface area (Å²) in [5, 5.41) is 0. The van der Waals surface area contributed by atoms with Crippen LogP contribution in [-0.2, 0) is 17.9 Å². The summed E-state index contributed by atoms with van der Waals surface area (Å²) in [6.45, 7) is 7.42. The Bertz CT molecular complexity index is 774. The zero-order valence-electron chi connectivity index (χ0n) is 14.0. The molecule has 0 N–H and O–H groups in total. The van der Waals surface area contributed by atoms with Crippen molar-refractivity contribution in [1.29, 1.82) is 0 Å². The maximum atomic E-state index is 13.3. The number of hydrogen-bond acceptors (Lipinski definition) is 1. The first-order valence-corrected chi connectivity index (χ1v) is 7.60. The van der Waals surface area contributed by atoms with E-state index >= 15 is 0 Å². The Balaban J connectivity index is 2.38. The maximum absolute atomic E-state index is 13.3. The minimum Gasteiger partial charge on any atom is -0.171 e. The number of halogens is 3. The molecule has 0 spiro atoms. The quantitative estimate of drug-likeness (QED) is 0.736. The number of nitrogens with zero attached hydrogens (tertiary/aromatic N) is 3. The van der Waals surface area contributed by atoms with E-state index in [4.69, 9.17) is 0 Å². The van der Waals surface area contributed by atoms with Crippen LogP contribution < -0.4 is 4.68 Å². The van der Waals surface area contributed by atoms with Crippen LogP contribution in [0.15, 0.2) is 24.5 Å². The lowest BCUT2D eigenvalue weighted by Crippen LogP contribution is -2.54. The highest BCUT2D eigenvalue weighted by Crippen LogP contribution is 2.53. The molecule has 1 unspecified atom stereocenters. The standard InChI is InChI=1S/C17H21F3N3/c1-11-7-6-8-12-13(11)23-14(21-10-22(23)5)16(4,15(12,2)3)9-17(18,19)20/h6-8,10H,9H2,1-5H3/q+1. The van der Waals surface area contributed by atoms with Gasteiger partial charge in [0.2, 0.25) is 0 Å². The third kappa shape index (κ3) is 2.11. The van der Waals surface area contributed by atoms with Gasteiger partial charge in [0.25, 0.3) is 5.82 Å². The molecule has 0 amide bonds. The fraction of sp³-hybridized carbons (Fsp3) is 0.529. The molecular weight excluding hydrogens is 303 g/mol. The molecule has 1 aromatic heterocycles. The third-order valence-electron chi connectivity index (χ3n) is 5.41. The molecule has 0 fully saturated rings. The second-order valence-electron chi connectivity index (χ2n) is 7.17. The Labute approximate surface area is 133 Å². The van der Waals surface area contributed by atoms with E-state index in [9.17, 15) is 13.2 Å². The molecule has 6 heteroatoms. The van der Waals surface area contributed by atoms with Crippen molar-refractivity contribution in [3.63, 3.8) is 0 Å². The lowest BCUT2D eigenvalue weighted by Gasteiger charge is -2.46. The van der Waals surface area contributed by atoms with E-state index in [-0.39, 0.29) is 0 Å². The summed E-state index contributed by atoms with van der Waals surface area (Å²) in [6, 6.07) is 5.82. The molecule has 2 heterocycles. The number of rotatable bonds is 1. The van der Waals surface area contributed by atoms with Gasteiger partial charge in [0.05, 0.1) is 17.5 Å². The van der Waals surface area contributed by atoms with E-state index < -0.39 is 23.4 Å². The van der Waals surface area contributed by atoms with Crippen LogP contribution >= 0.6 is 0 Å². The van der Waals surface area contributed by atoms with Gasteiger partial charge in [-0.25, -0.2) is 0 Å². The minimum absolute atomic E-state index is 0.462. The molecule has 0 saturated carbocycles. The number of aromatic nitrogens is 3. The molecule has 0 aliphatic carbocycles. The average molecular weight is 324 g/mol. The third-order valence-corrected chi connectivity index (χ3v) is 5.41. The van der Waals surface area contributed by atoms with Crippen molar-refractivity contribution in [3.05, 3.63) is 41.5 Å². The van der Waals surface area contributed by atoms with Crippen LogP contribution in [0.2, 0.25) is 0 Å². The molecule has 0 radical (unpaired) electrons. The maximum Gasteiger partial charge on any atom is 0.390 e. The van der Waals surface area contributed by atoms with Gasteiger partial charge in [0.1, 0.15) is 7.05 Å². The smallest absolute Gasteiger partial charge is 0.171 e. The van der Waals surface area contributed by atoms with Crippen molar-refractivity contribution in [2.24, 2.45) is 7.05 Å². The number of fused-ring (bicyclic) bond motifs is 3. The Kier molecular flexibility index (Phi) is 3.19. The van der Waals surface area contributed by atoms with Crippen LogP contribution in [0.3, 0.4) is 0 Å². The van der Waals surface area contributed by atoms with Crippen LogP contribution in [0.5, 0.6) is 0 Å². The van der Waals surface area contributed by atoms with Crippen molar-refractivity contribution < 1.29 is 17.9 Å². The number of alkyl halides is 3. The van der Waals surface area contributed by atoms with Gasteiger partial charge < -0.3 is 0 Å². The van der Waals surface area contributed by atoms with E-state index in [2.05, 4.69) is 4.98 Å². The van der Waals surface area contributed by atoms with Crippen molar-refractivity contribution in [2.75, 3.05) is 0 Å². The summed E-state index contributed by atoms with van der Waals surface area (Å²) in [5.41, 5.74) is 1.04. The molecule has 3 nitrogen and oxygen atoms in total. The normalized spacial score (nSPS) is 22.6. The van der Waals surface area contributed by atoms with Crippen LogP contribution in [0, 0.1) is 6.92 Å². The van der Waals surface area contributed by atoms with Gasteiger partial charge in [0.15, 0.2) is 0 Å². The first kappa shape index (κ1) is 16.0. The fourth-order valence-electron chi connectivity index (χ4n) is 3.76. The second-order valence-corrected chi connectivity index (χ2v) is 7.17. The van der Waals surface area contributed by atoms with Crippen molar-refractivity contribution in [1.82, 2.24) is 9.67 Å². The van der Waals surface area contributed by atoms with Gasteiger partial charge in [0, 0.05) is 5.41 Å². The predicted molar refractivity (Wildman–Crippen MR) is 80.5 cm³/mol. The Morgan fingerprint density at radius 1 is 1.22 bits per heavy atom. The van der Waals surface area contributed by atoms with Crippen molar-refractivity contribution in [2.45, 2.75) is 51.1 Å². The Morgan fingerprint density at radius 3 is 2.48 bits per heavy atom. The summed E-state index contributed by atoms with van der Waals surface area (Å²) in [5.74, 6) is 0.462. The lowest BCUT2D eigenvalue weighted by atomic mass is 9.58.